The first kappa shape index (κ1) is 16.0. The second-order valence-electron chi connectivity index (χ2n) is 6.21. The molecule has 3 heteroatoms. The van der Waals surface area contributed by atoms with Crippen molar-refractivity contribution in [1.29, 1.82) is 0 Å². The lowest BCUT2D eigenvalue weighted by Crippen LogP contribution is -2.44. The second-order valence-corrected chi connectivity index (χ2v) is 6.21. The van der Waals surface area contributed by atoms with Crippen LogP contribution in [0.15, 0.2) is 54.6 Å². The fourth-order valence-electron chi connectivity index (χ4n) is 2.99. The molecule has 0 aromatic heterocycles. The number of hydrogen-bond donors (Lipinski definition) is 0. The lowest BCUT2D eigenvalue weighted by atomic mass is 10.1. The van der Waals surface area contributed by atoms with Gasteiger partial charge in [-0.1, -0.05) is 48.5 Å². The molecule has 122 valence electrons. The summed E-state index contributed by atoms with van der Waals surface area (Å²) in [6, 6.07) is 18.8. The smallest absolute Gasteiger partial charge is 0.127 e. The van der Waals surface area contributed by atoms with Gasteiger partial charge >= 0.3 is 0 Å². The van der Waals surface area contributed by atoms with Gasteiger partial charge in [0.2, 0.25) is 0 Å². The van der Waals surface area contributed by atoms with Gasteiger partial charge in [-0.05, 0) is 25.1 Å². The molecule has 0 unspecified atom stereocenters. The van der Waals surface area contributed by atoms with Crippen LogP contribution in [-0.4, -0.2) is 56.2 Å². The van der Waals surface area contributed by atoms with E-state index in [0.717, 1.165) is 25.3 Å². The van der Waals surface area contributed by atoms with Gasteiger partial charge in [0.25, 0.3) is 0 Å². The Labute approximate surface area is 139 Å². The molecule has 23 heavy (non-hydrogen) atoms. The molecule has 2 aromatic rings. The molecular formula is C20H26N2O. The molecule has 1 aliphatic heterocycles. The van der Waals surface area contributed by atoms with E-state index in [-0.39, 0.29) is 0 Å². The van der Waals surface area contributed by atoms with Gasteiger partial charge in [0.15, 0.2) is 0 Å². The van der Waals surface area contributed by atoms with Crippen LogP contribution in [0.1, 0.15) is 6.42 Å². The van der Waals surface area contributed by atoms with E-state index in [1.807, 2.05) is 12.1 Å². The monoisotopic (exact) mass is 310 g/mol. The predicted octanol–water partition coefficient (Wildman–Crippen LogP) is 3.37. The molecule has 1 saturated heterocycles. The van der Waals surface area contributed by atoms with Crippen LogP contribution in [0.5, 0.6) is 5.75 Å². The van der Waals surface area contributed by atoms with E-state index in [2.05, 4.69) is 59.3 Å². The highest BCUT2D eigenvalue weighted by atomic mass is 16.5. The molecular weight excluding hydrogens is 284 g/mol. The number of likely N-dealkylation sites (N-methyl/N-ethyl adjacent to an activating group) is 1. The Morgan fingerprint density at radius 3 is 2.35 bits per heavy atom. The van der Waals surface area contributed by atoms with Gasteiger partial charge in [0, 0.05) is 38.3 Å². The lowest BCUT2D eigenvalue weighted by molar-refractivity contribution is 0.145. The Kier molecular flexibility index (Phi) is 5.67. The van der Waals surface area contributed by atoms with E-state index in [1.165, 1.54) is 37.3 Å². The molecule has 0 aliphatic carbocycles. The second kappa shape index (κ2) is 8.14. The van der Waals surface area contributed by atoms with Crippen LogP contribution in [0.3, 0.4) is 0 Å². The highest BCUT2D eigenvalue weighted by Gasteiger charge is 2.13. The maximum absolute atomic E-state index is 6.07. The third kappa shape index (κ3) is 4.57. The first-order chi connectivity index (χ1) is 11.3. The van der Waals surface area contributed by atoms with Crippen LogP contribution in [0.2, 0.25) is 0 Å². The Morgan fingerprint density at radius 2 is 1.57 bits per heavy atom. The summed E-state index contributed by atoms with van der Waals surface area (Å²) in [6.07, 6.45) is 1.08. The average Bonchev–Trinajstić information content (AvgIpc) is 2.61. The van der Waals surface area contributed by atoms with Crippen LogP contribution < -0.4 is 4.74 Å². The van der Waals surface area contributed by atoms with E-state index in [9.17, 15) is 0 Å². The molecule has 0 radical (unpaired) electrons. The number of ether oxygens (including phenoxy) is 1. The van der Waals surface area contributed by atoms with E-state index in [0.29, 0.717) is 0 Å². The molecule has 0 bridgehead atoms. The quantitative estimate of drug-likeness (QED) is 0.761. The topological polar surface area (TPSA) is 15.7 Å². The average molecular weight is 310 g/mol. The van der Waals surface area contributed by atoms with Crippen molar-refractivity contribution in [3.05, 3.63) is 54.6 Å². The summed E-state index contributed by atoms with van der Waals surface area (Å²) in [5.41, 5.74) is 2.38. The molecule has 1 heterocycles. The zero-order valence-electron chi connectivity index (χ0n) is 13.9. The minimum atomic E-state index is 0.774. The standard InChI is InChI=1S/C20H26N2O/c1-21-13-15-22(16-14-21)12-7-17-23-20-11-6-5-10-19(20)18-8-3-2-4-9-18/h2-6,8-11H,7,12-17H2,1H3. The van der Waals surface area contributed by atoms with E-state index in [4.69, 9.17) is 4.74 Å². The van der Waals surface area contributed by atoms with Gasteiger partial charge in [-0.15, -0.1) is 0 Å². The minimum absolute atomic E-state index is 0.774. The molecule has 0 spiro atoms. The molecule has 3 rings (SSSR count). The Hall–Kier alpha value is -1.84. The number of para-hydroxylation sites is 1. The number of benzene rings is 2. The van der Waals surface area contributed by atoms with E-state index < -0.39 is 0 Å². The number of piperazine rings is 1. The largest absolute Gasteiger partial charge is 0.493 e. The summed E-state index contributed by atoms with van der Waals surface area (Å²) >= 11 is 0. The fourth-order valence-corrected chi connectivity index (χ4v) is 2.99. The first-order valence-electron chi connectivity index (χ1n) is 8.51. The van der Waals surface area contributed by atoms with Crippen molar-refractivity contribution in [2.24, 2.45) is 0 Å². The summed E-state index contributed by atoms with van der Waals surface area (Å²) in [4.78, 5) is 4.93. The molecule has 3 nitrogen and oxygen atoms in total. The molecule has 0 saturated carbocycles. The maximum atomic E-state index is 6.07. The molecule has 1 fully saturated rings. The summed E-state index contributed by atoms with van der Waals surface area (Å²) in [6.45, 7) is 6.61. The van der Waals surface area contributed by atoms with E-state index >= 15 is 0 Å². The van der Waals surface area contributed by atoms with Crippen molar-refractivity contribution in [2.75, 3.05) is 46.4 Å². The fraction of sp³-hybridized carbons (Fsp3) is 0.400. The van der Waals surface area contributed by atoms with Crippen LogP contribution in [0.25, 0.3) is 11.1 Å². The molecule has 0 amide bonds. The van der Waals surface area contributed by atoms with Crippen molar-refractivity contribution in [3.8, 4) is 16.9 Å². The lowest BCUT2D eigenvalue weighted by Gasteiger charge is -2.32. The normalized spacial score (nSPS) is 16.4. The van der Waals surface area contributed by atoms with Crippen molar-refractivity contribution in [1.82, 2.24) is 9.80 Å². The molecule has 0 N–H and O–H groups in total. The van der Waals surface area contributed by atoms with Crippen molar-refractivity contribution >= 4 is 0 Å². The van der Waals surface area contributed by atoms with Gasteiger partial charge in [-0.2, -0.15) is 0 Å². The zero-order chi connectivity index (χ0) is 15.9. The first-order valence-corrected chi connectivity index (χ1v) is 8.51. The number of hydrogen-bond acceptors (Lipinski definition) is 3. The van der Waals surface area contributed by atoms with Crippen molar-refractivity contribution in [2.45, 2.75) is 6.42 Å². The highest BCUT2D eigenvalue weighted by molar-refractivity contribution is 5.70. The van der Waals surface area contributed by atoms with Gasteiger partial charge in [0.1, 0.15) is 5.75 Å². The summed E-state index contributed by atoms with van der Waals surface area (Å²) in [5.74, 6) is 0.983. The third-order valence-electron chi connectivity index (χ3n) is 4.44. The highest BCUT2D eigenvalue weighted by Crippen LogP contribution is 2.29. The van der Waals surface area contributed by atoms with Gasteiger partial charge in [-0.25, -0.2) is 0 Å². The minimum Gasteiger partial charge on any atom is -0.493 e. The maximum Gasteiger partial charge on any atom is 0.127 e. The Balaban J connectivity index is 1.51. The SMILES string of the molecule is CN1CCN(CCCOc2ccccc2-c2ccccc2)CC1. The van der Waals surface area contributed by atoms with Gasteiger partial charge < -0.3 is 14.5 Å². The number of rotatable bonds is 6. The molecule has 1 aliphatic rings. The van der Waals surface area contributed by atoms with Crippen LogP contribution in [-0.2, 0) is 0 Å². The van der Waals surface area contributed by atoms with Crippen LogP contribution >= 0.6 is 0 Å². The third-order valence-corrected chi connectivity index (χ3v) is 4.44. The zero-order valence-corrected chi connectivity index (χ0v) is 13.9. The summed E-state index contributed by atoms with van der Waals surface area (Å²) < 4.78 is 6.07. The van der Waals surface area contributed by atoms with Crippen LogP contribution in [0.4, 0.5) is 0 Å². The molecule has 0 atom stereocenters. The van der Waals surface area contributed by atoms with Crippen molar-refractivity contribution < 1.29 is 4.74 Å². The van der Waals surface area contributed by atoms with Crippen LogP contribution in [0, 0.1) is 0 Å². The van der Waals surface area contributed by atoms with Gasteiger partial charge in [-0.3, -0.25) is 0 Å². The molecule has 2 aromatic carbocycles. The Morgan fingerprint density at radius 1 is 0.870 bits per heavy atom. The Bertz CT molecular complexity index is 592. The number of nitrogens with zero attached hydrogens (tertiary/aromatic N) is 2. The summed E-state index contributed by atoms with van der Waals surface area (Å²) in [7, 11) is 2.20. The van der Waals surface area contributed by atoms with Crippen molar-refractivity contribution in [3.63, 3.8) is 0 Å². The summed E-state index contributed by atoms with van der Waals surface area (Å²) in [5, 5.41) is 0. The van der Waals surface area contributed by atoms with Gasteiger partial charge in [0.05, 0.1) is 6.61 Å². The van der Waals surface area contributed by atoms with E-state index in [1.54, 1.807) is 0 Å². The predicted molar refractivity (Wildman–Crippen MR) is 95.9 cm³/mol.